The largest absolute Gasteiger partial charge is 0.474 e. The minimum absolute atomic E-state index is 0.240. The number of ether oxygens (including phenoxy) is 1. The maximum atomic E-state index is 8.94. The molecule has 2 atom stereocenters. The Balaban J connectivity index is 1.73. The lowest BCUT2D eigenvalue weighted by Gasteiger charge is -2.29. The number of rotatable bonds is 2. The van der Waals surface area contributed by atoms with Gasteiger partial charge in [0.2, 0.25) is 5.88 Å². The fraction of sp³-hybridized carbons (Fsp3) is 0.571. The molecule has 2 aliphatic rings. The normalized spacial score (nSPS) is 29.9. The molecule has 3 rings (SSSR count). The fourth-order valence-corrected chi connectivity index (χ4v) is 3.04. The molecule has 2 fully saturated rings. The van der Waals surface area contributed by atoms with E-state index in [0.717, 1.165) is 18.5 Å². The van der Waals surface area contributed by atoms with Gasteiger partial charge in [0, 0.05) is 23.8 Å². The molecule has 2 bridgehead atoms. The second kappa shape index (κ2) is 4.58. The van der Waals surface area contributed by atoms with Crippen molar-refractivity contribution < 1.29 is 4.74 Å². The van der Waals surface area contributed by atoms with Crippen molar-refractivity contribution in [2.45, 2.75) is 50.8 Å². The number of pyridine rings is 1. The van der Waals surface area contributed by atoms with Gasteiger partial charge in [0.1, 0.15) is 6.10 Å². The second-order valence-corrected chi connectivity index (χ2v) is 5.30. The number of hydrogen-bond acceptors (Lipinski definition) is 4. The highest BCUT2D eigenvalue weighted by Gasteiger charge is 2.34. The summed E-state index contributed by atoms with van der Waals surface area (Å²) in [5.41, 5.74) is 1.45. The monoisotopic (exact) mass is 243 g/mol. The van der Waals surface area contributed by atoms with Crippen molar-refractivity contribution in [2.24, 2.45) is 0 Å². The molecule has 2 aliphatic heterocycles. The van der Waals surface area contributed by atoms with Gasteiger partial charge < -0.3 is 10.1 Å². The highest BCUT2D eigenvalue weighted by molar-refractivity contribution is 5.34. The number of fused-ring (bicyclic) bond motifs is 2. The Labute approximate surface area is 107 Å². The molecule has 2 saturated heterocycles. The molecule has 1 N–H and O–H groups in total. The van der Waals surface area contributed by atoms with Crippen molar-refractivity contribution >= 4 is 0 Å². The maximum absolute atomic E-state index is 8.94. The van der Waals surface area contributed by atoms with Crippen molar-refractivity contribution in [2.75, 3.05) is 0 Å². The summed E-state index contributed by atoms with van der Waals surface area (Å²) in [7, 11) is 0. The smallest absolute Gasteiger partial charge is 0.215 e. The first-order valence-electron chi connectivity index (χ1n) is 6.54. The summed E-state index contributed by atoms with van der Waals surface area (Å²) in [5.74, 6) is 0.595. The van der Waals surface area contributed by atoms with Gasteiger partial charge in [-0.2, -0.15) is 5.26 Å². The molecule has 0 aromatic carbocycles. The minimum atomic E-state index is 0.240. The van der Waals surface area contributed by atoms with Crippen LogP contribution in [0.4, 0.5) is 0 Å². The van der Waals surface area contributed by atoms with Crippen LogP contribution in [0.1, 0.15) is 36.9 Å². The average Bonchev–Trinajstić information content (AvgIpc) is 2.68. The molecule has 1 aromatic rings. The van der Waals surface area contributed by atoms with Crippen LogP contribution in [0.25, 0.3) is 0 Å². The Bertz CT molecular complexity index is 482. The Kier molecular flexibility index (Phi) is 2.92. The van der Waals surface area contributed by atoms with Gasteiger partial charge in [-0.15, -0.1) is 0 Å². The van der Waals surface area contributed by atoms with Gasteiger partial charge in [0.25, 0.3) is 0 Å². The molecule has 3 heterocycles. The SMILES string of the molecule is Cc1cc(C#N)cc(OC2CC3CCC(C2)N3)n1. The Morgan fingerprint density at radius 3 is 2.72 bits per heavy atom. The molecule has 0 amide bonds. The standard InChI is InChI=1S/C14H17N3O/c1-9-4-10(8-15)5-14(16-9)18-13-6-11-2-3-12(7-13)17-11/h4-5,11-13,17H,2-3,6-7H2,1H3. The first-order valence-corrected chi connectivity index (χ1v) is 6.54. The first-order chi connectivity index (χ1) is 8.72. The number of aromatic nitrogens is 1. The van der Waals surface area contributed by atoms with Crippen molar-refractivity contribution in [3.8, 4) is 11.9 Å². The van der Waals surface area contributed by atoms with Crippen molar-refractivity contribution in [1.29, 1.82) is 5.26 Å². The van der Waals surface area contributed by atoms with Crippen LogP contribution in [0.3, 0.4) is 0 Å². The van der Waals surface area contributed by atoms with E-state index in [1.165, 1.54) is 12.8 Å². The molecule has 18 heavy (non-hydrogen) atoms. The minimum Gasteiger partial charge on any atom is -0.474 e. The third-order valence-electron chi connectivity index (χ3n) is 3.78. The van der Waals surface area contributed by atoms with Gasteiger partial charge in [0.15, 0.2) is 0 Å². The van der Waals surface area contributed by atoms with E-state index in [1.807, 2.05) is 6.92 Å². The third-order valence-corrected chi connectivity index (χ3v) is 3.78. The summed E-state index contributed by atoms with van der Waals surface area (Å²) in [6.07, 6.45) is 4.86. The molecule has 0 radical (unpaired) electrons. The van der Waals surface area contributed by atoms with Crippen LogP contribution < -0.4 is 10.1 Å². The highest BCUT2D eigenvalue weighted by Crippen LogP contribution is 2.29. The number of hydrogen-bond donors (Lipinski definition) is 1. The molecule has 2 unspecified atom stereocenters. The third kappa shape index (κ3) is 2.32. The van der Waals surface area contributed by atoms with Crippen LogP contribution in [0.5, 0.6) is 5.88 Å². The number of aryl methyl sites for hydroxylation is 1. The molecule has 0 spiro atoms. The zero-order valence-corrected chi connectivity index (χ0v) is 10.5. The Hall–Kier alpha value is -1.60. The molecule has 0 saturated carbocycles. The van der Waals surface area contributed by atoms with Crippen LogP contribution >= 0.6 is 0 Å². The maximum Gasteiger partial charge on any atom is 0.215 e. The highest BCUT2D eigenvalue weighted by atomic mass is 16.5. The molecule has 4 nitrogen and oxygen atoms in total. The lowest BCUT2D eigenvalue weighted by Crippen LogP contribution is -2.42. The van der Waals surface area contributed by atoms with Gasteiger partial charge in [0.05, 0.1) is 11.6 Å². The predicted molar refractivity (Wildman–Crippen MR) is 67.3 cm³/mol. The van der Waals surface area contributed by atoms with E-state index in [2.05, 4.69) is 16.4 Å². The Morgan fingerprint density at radius 2 is 2.06 bits per heavy atom. The van der Waals surface area contributed by atoms with Gasteiger partial charge in [-0.1, -0.05) is 0 Å². The van der Waals surface area contributed by atoms with Crippen molar-refractivity contribution in [3.63, 3.8) is 0 Å². The quantitative estimate of drug-likeness (QED) is 0.862. The van der Waals surface area contributed by atoms with Crippen LogP contribution in [0.2, 0.25) is 0 Å². The lowest BCUT2D eigenvalue weighted by atomic mass is 10.0. The summed E-state index contributed by atoms with van der Waals surface area (Å²) in [6, 6.07) is 6.86. The zero-order valence-electron chi connectivity index (χ0n) is 10.5. The number of nitrogens with zero attached hydrogens (tertiary/aromatic N) is 2. The van der Waals surface area contributed by atoms with E-state index in [9.17, 15) is 0 Å². The summed E-state index contributed by atoms with van der Waals surface area (Å²) >= 11 is 0. The Morgan fingerprint density at radius 1 is 1.33 bits per heavy atom. The molecular weight excluding hydrogens is 226 g/mol. The van der Waals surface area contributed by atoms with E-state index in [1.54, 1.807) is 12.1 Å². The van der Waals surface area contributed by atoms with Crippen LogP contribution in [0, 0.1) is 18.3 Å². The summed E-state index contributed by atoms with van der Waals surface area (Å²) < 4.78 is 5.96. The average molecular weight is 243 g/mol. The van der Waals surface area contributed by atoms with E-state index >= 15 is 0 Å². The molecular formula is C14H17N3O. The van der Waals surface area contributed by atoms with Crippen LogP contribution in [0.15, 0.2) is 12.1 Å². The predicted octanol–water partition coefficient (Wildman–Crippen LogP) is 1.92. The summed E-state index contributed by atoms with van der Waals surface area (Å²) in [5, 5.41) is 12.5. The van der Waals surface area contributed by atoms with Crippen molar-refractivity contribution in [3.05, 3.63) is 23.4 Å². The first kappa shape index (κ1) is 11.5. The molecule has 4 heteroatoms. The van der Waals surface area contributed by atoms with Crippen LogP contribution in [-0.2, 0) is 0 Å². The topological polar surface area (TPSA) is 57.9 Å². The van der Waals surface area contributed by atoms with Gasteiger partial charge in [-0.3, -0.25) is 0 Å². The number of piperidine rings is 1. The second-order valence-electron chi connectivity index (χ2n) is 5.30. The molecule has 94 valence electrons. The van der Waals surface area contributed by atoms with E-state index < -0.39 is 0 Å². The number of nitriles is 1. The zero-order chi connectivity index (χ0) is 12.5. The van der Waals surface area contributed by atoms with Gasteiger partial charge in [-0.25, -0.2) is 4.98 Å². The molecule has 1 aromatic heterocycles. The van der Waals surface area contributed by atoms with E-state index in [4.69, 9.17) is 10.00 Å². The number of nitrogens with one attached hydrogen (secondary N) is 1. The lowest BCUT2D eigenvalue weighted by molar-refractivity contribution is 0.131. The summed E-state index contributed by atoms with van der Waals surface area (Å²) in [6.45, 7) is 1.89. The van der Waals surface area contributed by atoms with E-state index in [-0.39, 0.29) is 6.10 Å². The van der Waals surface area contributed by atoms with Gasteiger partial charge >= 0.3 is 0 Å². The summed E-state index contributed by atoms with van der Waals surface area (Å²) in [4.78, 5) is 4.35. The van der Waals surface area contributed by atoms with Crippen LogP contribution in [-0.4, -0.2) is 23.2 Å². The van der Waals surface area contributed by atoms with E-state index in [0.29, 0.717) is 23.5 Å². The van der Waals surface area contributed by atoms with Gasteiger partial charge in [-0.05, 0) is 38.7 Å². The van der Waals surface area contributed by atoms with Crippen molar-refractivity contribution in [1.82, 2.24) is 10.3 Å². The fourth-order valence-electron chi connectivity index (χ4n) is 3.04. The molecule has 0 aliphatic carbocycles.